The largest absolute Gasteiger partial charge is 0.486 e. The smallest absolute Gasteiger partial charge is 0.275 e. The second kappa shape index (κ2) is 11.9. The molecule has 0 saturated heterocycles. The maximum atomic E-state index is 12.8. The van der Waals surface area contributed by atoms with Crippen LogP contribution in [0.2, 0.25) is 0 Å². The number of ether oxygens (including phenoxy) is 4. The van der Waals surface area contributed by atoms with E-state index in [9.17, 15) is 4.79 Å². The normalized spacial score (nSPS) is 15.7. The van der Waals surface area contributed by atoms with Gasteiger partial charge in [-0.3, -0.25) is 19.3 Å². The van der Waals surface area contributed by atoms with Gasteiger partial charge in [-0.1, -0.05) is 0 Å². The van der Waals surface area contributed by atoms with Crippen LogP contribution in [0.4, 0.5) is 0 Å². The van der Waals surface area contributed by atoms with E-state index in [0.717, 1.165) is 22.7 Å². The summed E-state index contributed by atoms with van der Waals surface area (Å²) in [6.45, 7) is 3.29. The van der Waals surface area contributed by atoms with Gasteiger partial charge >= 0.3 is 0 Å². The van der Waals surface area contributed by atoms with Crippen molar-refractivity contribution < 1.29 is 18.9 Å². The molecule has 4 aromatic heterocycles. The number of hydrogen-bond donors (Lipinski definition) is 1. The fraction of sp³-hybridized carbons (Fsp3) is 0.320. The summed E-state index contributed by atoms with van der Waals surface area (Å²) in [6, 6.07) is 7.31. The Hall–Kier alpha value is -3.51. The molecule has 0 fully saturated rings. The van der Waals surface area contributed by atoms with Gasteiger partial charge in [0, 0.05) is 36.7 Å². The molecule has 1 N–H and O–H groups in total. The summed E-state index contributed by atoms with van der Waals surface area (Å²) in [4.78, 5) is 30.6. The number of nitrogens with zero attached hydrogens (tertiary/aromatic N) is 5. The zero-order chi connectivity index (χ0) is 24.5. The van der Waals surface area contributed by atoms with E-state index in [2.05, 4.69) is 20.3 Å². The van der Waals surface area contributed by atoms with Crippen LogP contribution in [0.15, 0.2) is 47.7 Å². The minimum absolute atomic E-state index is 0. The lowest BCUT2D eigenvalue weighted by atomic mass is 9.98. The molecule has 2 aliphatic rings. The van der Waals surface area contributed by atoms with E-state index >= 15 is 0 Å². The van der Waals surface area contributed by atoms with Crippen LogP contribution in [0.5, 0.6) is 17.4 Å². The minimum atomic E-state index is -0.299. The summed E-state index contributed by atoms with van der Waals surface area (Å²) < 4.78 is 23.8. The van der Waals surface area contributed by atoms with Gasteiger partial charge in [0.15, 0.2) is 17.1 Å². The number of halogens is 2. The summed E-state index contributed by atoms with van der Waals surface area (Å²) in [5.74, 6) is 1.86. The van der Waals surface area contributed by atoms with Crippen LogP contribution in [0, 0.1) is 0 Å². The van der Waals surface area contributed by atoms with Crippen LogP contribution in [0.3, 0.4) is 0 Å². The summed E-state index contributed by atoms with van der Waals surface area (Å²) in [6.07, 6.45) is 4.68. The number of nitrogens with one attached hydrogen (secondary N) is 1. The molecular formula is C25H26Cl2N6O5. The quantitative estimate of drug-likeness (QED) is 0.376. The molecular weight excluding hydrogens is 535 g/mol. The van der Waals surface area contributed by atoms with Crippen molar-refractivity contribution in [2.24, 2.45) is 0 Å². The average Bonchev–Trinajstić information content (AvgIpc) is 2.92. The van der Waals surface area contributed by atoms with Crippen molar-refractivity contribution in [1.29, 1.82) is 0 Å². The Balaban J connectivity index is 0.00000168. The van der Waals surface area contributed by atoms with Gasteiger partial charge in [-0.05, 0) is 12.1 Å². The van der Waals surface area contributed by atoms with Gasteiger partial charge in [0.25, 0.3) is 5.56 Å². The van der Waals surface area contributed by atoms with E-state index < -0.39 is 0 Å². The van der Waals surface area contributed by atoms with Crippen LogP contribution in [-0.4, -0.2) is 58.0 Å². The molecule has 0 aliphatic carbocycles. The zero-order valence-corrected chi connectivity index (χ0v) is 22.1. The maximum absolute atomic E-state index is 12.8. The highest BCUT2D eigenvalue weighted by Crippen LogP contribution is 2.30. The molecule has 1 atom stereocenters. The Labute approximate surface area is 230 Å². The molecule has 0 saturated carbocycles. The van der Waals surface area contributed by atoms with Crippen molar-refractivity contribution in [3.63, 3.8) is 0 Å². The third kappa shape index (κ3) is 5.37. The number of fused-ring (bicyclic) bond motifs is 3. The Morgan fingerprint density at radius 1 is 1.05 bits per heavy atom. The van der Waals surface area contributed by atoms with Crippen LogP contribution in [-0.2, 0) is 17.9 Å². The number of aromatic nitrogens is 5. The molecule has 0 radical (unpaired) electrons. The van der Waals surface area contributed by atoms with Crippen LogP contribution < -0.4 is 25.1 Å². The first-order chi connectivity index (χ1) is 17.7. The Morgan fingerprint density at radius 3 is 2.74 bits per heavy atom. The monoisotopic (exact) mass is 560 g/mol. The fourth-order valence-corrected chi connectivity index (χ4v) is 4.46. The number of hydrogen-bond acceptors (Lipinski definition) is 10. The molecule has 4 aromatic rings. The minimum Gasteiger partial charge on any atom is -0.486 e. The third-order valence-corrected chi connectivity index (χ3v) is 6.18. The van der Waals surface area contributed by atoms with Crippen molar-refractivity contribution in [2.45, 2.75) is 19.1 Å². The number of pyridine rings is 3. The fourth-order valence-electron chi connectivity index (χ4n) is 4.46. The summed E-state index contributed by atoms with van der Waals surface area (Å²) in [5, 5.41) is 3.45. The molecule has 6 rings (SSSR count). The molecule has 6 heterocycles. The van der Waals surface area contributed by atoms with Crippen molar-refractivity contribution in [3.8, 4) is 23.1 Å². The van der Waals surface area contributed by atoms with Gasteiger partial charge in [0.05, 0.1) is 56.0 Å². The van der Waals surface area contributed by atoms with Gasteiger partial charge in [-0.2, -0.15) is 4.98 Å². The van der Waals surface area contributed by atoms with Crippen molar-refractivity contribution in [3.05, 3.63) is 70.2 Å². The molecule has 11 nitrogen and oxygen atoms in total. The highest BCUT2D eigenvalue weighted by molar-refractivity contribution is 5.85. The van der Waals surface area contributed by atoms with Crippen molar-refractivity contribution in [1.82, 2.24) is 29.8 Å². The molecule has 2 aliphatic heterocycles. The summed E-state index contributed by atoms with van der Waals surface area (Å²) in [5.41, 5.74) is 4.04. The van der Waals surface area contributed by atoms with Crippen LogP contribution in [0.25, 0.3) is 16.9 Å². The van der Waals surface area contributed by atoms with Crippen molar-refractivity contribution >= 4 is 36.0 Å². The summed E-state index contributed by atoms with van der Waals surface area (Å²) in [7, 11) is 1.53. The first-order valence-corrected chi connectivity index (χ1v) is 11.6. The molecule has 0 aromatic carbocycles. The number of rotatable bonds is 6. The predicted molar refractivity (Wildman–Crippen MR) is 143 cm³/mol. The second-order valence-electron chi connectivity index (χ2n) is 8.53. The summed E-state index contributed by atoms with van der Waals surface area (Å²) >= 11 is 0. The molecule has 0 bridgehead atoms. The third-order valence-electron chi connectivity index (χ3n) is 6.18. The van der Waals surface area contributed by atoms with E-state index in [1.54, 1.807) is 24.5 Å². The predicted octanol–water partition coefficient (Wildman–Crippen LogP) is 2.60. The van der Waals surface area contributed by atoms with Gasteiger partial charge in [-0.15, -0.1) is 24.8 Å². The highest BCUT2D eigenvalue weighted by atomic mass is 35.5. The molecule has 0 amide bonds. The van der Waals surface area contributed by atoms with Crippen LogP contribution in [0.1, 0.15) is 22.9 Å². The molecule has 200 valence electrons. The van der Waals surface area contributed by atoms with Gasteiger partial charge in [-0.25, -0.2) is 4.98 Å². The molecule has 1 unspecified atom stereocenters. The van der Waals surface area contributed by atoms with Gasteiger partial charge in [0.1, 0.15) is 18.7 Å². The van der Waals surface area contributed by atoms with E-state index in [1.807, 2.05) is 12.1 Å². The van der Waals surface area contributed by atoms with Gasteiger partial charge < -0.3 is 24.3 Å². The van der Waals surface area contributed by atoms with E-state index in [0.29, 0.717) is 68.0 Å². The highest BCUT2D eigenvalue weighted by Gasteiger charge is 2.23. The Morgan fingerprint density at radius 2 is 1.89 bits per heavy atom. The standard InChI is InChI=1S/C25H24N6O5.2ClH/c1-33-22-3-2-19-25(30-22)31(23(32)12-28-19)18-6-15-13-34-14-16(24(15)29-10-18)8-26-9-17-7-20-21(11-27-17)36-5-4-35-20;;/h2-3,6-7,10-12,16,26H,4-5,8-9,13-14H2,1H3;2*1H. The van der Waals surface area contributed by atoms with Crippen molar-refractivity contribution in [2.75, 3.05) is 33.5 Å². The van der Waals surface area contributed by atoms with E-state index in [4.69, 9.17) is 23.9 Å². The maximum Gasteiger partial charge on any atom is 0.275 e. The first-order valence-electron chi connectivity index (χ1n) is 11.6. The van der Waals surface area contributed by atoms with E-state index in [-0.39, 0.29) is 36.3 Å². The van der Waals surface area contributed by atoms with Crippen LogP contribution >= 0.6 is 24.8 Å². The molecule has 38 heavy (non-hydrogen) atoms. The first kappa shape index (κ1) is 27.5. The topological polar surface area (TPSA) is 123 Å². The second-order valence-corrected chi connectivity index (χ2v) is 8.53. The van der Waals surface area contributed by atoms with Gasteiger partial charge in [0.2, 0.25) is 5.88 Å². The lowest BCUT2D eigenvalue weighted by molar-refractivity contribution is 0.0886. The number of methoxy groups -OCH3 is 1. The lowest BCUT2D eigenvalue weighted by Crippen LogP contribution is -2.29. The molecule has 0 spiro atoms. The Kier molecular flexibility index (Phi) is 8.62. The van der Waals surface area contributed by atoms with E-state index in [1.165, 1.54) is 17.9 Å². The average molecular weight is 561 g/mol. The Bertz CT molecular complexity index is 1500. The zero-order valence-electron chi connectivity index (χ0n) is 20.5. The lowest BCUT2D eigenvalue weighted by Gasteiger charge is -2.25. The SMILES string of the molecule is COc1ccc2ncc(=O)n(-c3cnc4c(c3)COCC4CNCc3cc4c(cn3)OCCO4)c2n1.Cl.Cl. The molecule has 13 heteroatoms.